The molecule has 0 radical (unpaired) electrons. The van der Waals surface area contributed by atoms with Gasteiger partial charge < -0.3 is 4.74 Å². The molecule has 0 saturated carbocycles. The van der Waals surface area contributed by atoms with Crippen molar-refractivity contribution in [2.24, 2.45) is 0 Å². The van der Waals surface area contributed by atoms with Crippen LogP contribution in [0, 0.1) is 37.8 Å². The molecule has 6 nitrogen and oxygen atoms in total. The predicted molar refractivity (Wildman–Crippen MR) is 79.2 cm³/mol. The molecule has 1 aromatic heterocycles. The third-order valence-electron chi connectivity index (χ3n) is 3.32. The lowest BCUT2D eigenvalue weighted by Gasteiger charge is -2.12. The zero-order valence-corrected chi connectivity index (χ0v) is 12.9. The van der Waals surface area contributed by atoms with Gasteiger partial charge in [-0.1, -0.05) is 11.6 Å². The van der Waals surface area contributed by atoms with E-state index in [1.807, 2.05) is 13.8 Å². The highest BCUT2D eigenvalue weighted by Gasteiger charge is 2.16. The Balaban J connectivity index is 2.43. The molecule has 0 unspecified atom stereocenters. The summed E-state index contributed by atoms with van der Waals surface area (Å²) in [6.07, 6.45) is 0. The number of benzene rings is 1. The van der Waals surface area contributed by atoms with Crippen molar-refractivity contribution in [3.05, 3.63) is 49.7 Å². The van der Waals surface area contributed by atoms with Gasteiger partial charge in [-0.15, -0.1) is 10.2 Å². The molecule has 7 heteroatoms. The van der Waals surface area contributed by atoms with E-state index >= 15 is 0 Å². The maximum absolute atomic E-state index is 10.9. The Morgan fingerprint density at radius 2 is 1.76 bits per heavy atom. The maximum atomic E-state index is 10.9. The van der Waals surface area contributed by atoms with E-state index < -0.39 is 4.92 Å². The van der Waals surface area contributed by atoms with Crippen molar-refractivity contribution in [2.45, 2.75) is 27.7 Å². The Labute approximate surface area is 126 Å². The number of nitro benzene ring substituents is 1. The van der Waals surface area contributed by atoms with Crippen molar-refractivity contribution in [1.29, 1.82) is 0 Å². The number of aryl methyl sites for hydroxylation is 2. The maximum Gasteiger partial charge on any atom is 0.272 e. The first kappa shape index (κ1) is 15.2. The summed E-state index contributed by atoms with van der Waals surface area (Å²) >= 11 is 5.90. The summed E-state index contributed by atoms with van der Waals surface area (Å²) in [7, 11) is 0. The van der Waals surface area contributed by atoms with Crippen LogP contribution in [-0.2, 0) is 0 Å². The molecule has 1 heterocycles. The summed E-state index contributed by atoms with van der Waals surface area (Å²) in [6.45, 7) is 7.06. The molecule has 0 bridgehead atoms. The molecule has 0 atom stereocenters. The molecule has 0 aliphatic rings. The van der Waals surface area contributed by atoms with Crippen LogP contribution in [0.15, 0.2) is 12.1 Å². The second-order valence-electron chi connectivity index (χ2n) is 4.81. The van der Waals surface area contributed by atoms with Crippen LogP contribution in [0.1, 0.15) is 22.3 Å². The average Bonchev–Trinajstić information content (AvgIpc) is 2.42. The minimum atomic E-state index is -0.413. The Morgan fingerprint density at radius 1 is 1.10 bits per heavy atom. The summed E-state index contributed by atoms with van der Waals surface area (Å²) in [5, 5.41) is 19.0. The molecule has 0 spiro atoms. The first-order valence-electron chi connectivity index (χ1n) is 6.24. The predicted octanol–water partition coefficient (Wildman–Crippen LogP) is 4.06. The number of nitro groups is 1. The lowest BCUT2D eigenvalue weighted by Crippen LogP contribution is -2.00. The molecule has 2 aromatic rings. The number of nitrogens with zero attached hydrogens (tertiary/aromatic N) is 3. The quantitative estimate of drug-likeness (QED) is 0.631. The largest absolute Gasteiger partial charge is 0.437 e. The topological polar surface area (TPSA) is 78.2 Å². The third-order valence-corrected chi connectivity index (χ3v) is 3.68. The van der Waals surface area contributed by atoms with E-state index in [1.165, 1.54) is 6.07 Å². The molecule has 1 aromatic carbocycles. The summed E-state index contributed by atoms with van der Waals surface area (Å²) in [5.41, 5.74) is 2.82. The molecular formula is C14H14ClN3O3. The summed E-state index contributed by atoms with van der Waals surface area (Å²) in [6, 6.07) is 3.11. The number of hydrogen-bond donors (Lipinski definition) is 0. The average molecular weight is 308 g/mol. The van der Waals surface area contributed by atoms with Crippen molar-refractivity contribution < 1.29 is 9.66 Å². The van der Waals surface area contributed by atoms with Gasteiger partial charge in [0.25, 0.3) is 5.69 Å². The molecule has 2 rings (SSSR count). The minimum absolute atomic E-state index is 0.0648. The zero-order chi connectivity index (χ0) is 15.7. The first-order chi connectivity index (χ1) is 9.81. The molecule has 0 fully saturated rings. The van der Waals surface area contributed by atoms with Crippen LogP contribution < -0.4 is 4.74 Å². The molecule has 0 aliphatic heterocycles. The number of ether oxygens (including phenoxy) is 1. The van der Waals surface area contributed by atoms with Crippen LogP contribution in [0.3, 0.4) is 0 Å². The first-order valence-corrected chi connectivity index (χ1v) is 6.62. The summed E-state index contributed by atoms with van der Waals surface area (Å²) < 4.78 is 5.74. The Bertz CT molecular complexity index is 732. The standard InChI is InChI=1S/C14H14ClN3O3/c1-7-6-12(8(2)5-11(7)18(19)20)21-14-10(4)9(3)13(15)16-17-14/h5-6H,1-4H3. The van der Waals surface area contributed by atoms with Crippen molar-refractivity contribution in [2.75, 3.05) is 0 Å². The van der Waals surface area contributed by atoms with E-state index in [4.69, 9.17) is 16.3 Å². The van der Waals surface area contributed by atoms with Gasteiger partial charge in [0.05, 0.1) is 4.92 Å². The van der Waals surface area contributed by atoms with E-state index in [1.54, 1.807) is 19.9 Å². The second kappa shape index (κ2) is 5.65. The van der Waals surface area contributed by atoms with Gasteiger partial charge in [-0.2, -0.15) is 0 Å². The van der Waals surface area contributed by atoms with E-state index in [0.29, 0.717) is 27.9 Å². The van der Waals surface area contributed by atoms with Crippen LogP contribution in [0.25, 0.3) is 0 Å². The molecule has 0 aliphatic carbocycles. The van der Waals surface area contributed by atoms with Crippen LogP contribution in [-0.4, -0.2) is 15.1 Å². The van der Waals surface area contributed by atoms with Gasteiger partial charge in [-0.25, -0.2) is 0 Å². The fourth-order valence-corrected chi connectivity index (χ4v) is 2.02. The van der Waals surface area contributed by atoms with Gasteiger partial charge in [0, 0.05) is 17.2 Å². The Hall–Kier alpha value is -2.21. The smallest absolute Gasteiger partial charge is 0.272 e. The third kappa shape index (κ3) is 2.95. The molecule has 0 amide bonds. The Morgan fingerprint density at radius 3 is 2.38 bits per heavy atom. The van der Waals surface area contributed by atoms with Crippen LogP contribution in [0.2, 0.25) is 5.15 Å². The molecule has 0 saturated heterocycles. The van der Waals surface area contributed by atoms with Crippen LogP contribution in [0.5, 0.6) is 11.6 Å². The fraction of sp³-hybridized carbons (Fsp3) is 0.286. The van der Waals surface area contributed by atoms with Gasteiger partial charge in [0.1, 0.15) is 5.75 Å². The molecule has 110 valence electrons. The Kier molecular flexibility index (Phi) is 4.09. The highest BCUT2D eigenvalue weighted by atomic mass is 35.5. The zero-order valence-electron chi connectivity index (χ0n) is 12.1. The fourth-order valence-electron chi connectivity index (χ4n) is 1.84. The van der Waals surface area contributed by atoms with E-state index in [0.717, 1.165) is 11.1 Å². The summed E-state index contributed by atoms with van der Waals surface area (Å²) in [4.78, 5) is 10.5. The van der Waals surface area contributed by atoms with Gasteiger partial charge in [-0.3, -0.25) is 10.1 Å². The molecule has 0 N–H and O–H groups in total. The van der Waals surface area contributed by atoms with Gasteiger partial charge in [0.2, 0.25) is 5.88 Å². The lowest BCUT2D eigenvalue weighted by atomic mass is 10.1. The van der Waals surface area contributed by atoms with Crippen molar-refractivity contribution in [1.82, 2.24) is 10.2 Å². The summed E-state index contributed by atoms with van der Waals surface area (Å²) in [5.74, 6) is 0.852. The van der Waals surface area contributed by atoms with Crippen molar-refractivity contribution in [3.63, 3.8) is 0 Å². The van der Waals surface area contributed by atoms with Gasteiger partial charge in [0.15, 0.2) is 5.15 Å². The van der Waals surface area contributed by atoms with Crippen molar-refractivity contribution >= 4 is 17.3 Å². The SMILES string of the molecule is Cc1cc([N+](=O)[O-])c(C)cc1Oc1nnc(Cl)c(C)c1C. The highest BCUT2D eigenvalue weighted by Crippen LogP contribution is 2.32. The van der Waals surface area contributed by atoms with E-state index in [2.05, 4.69) is 10.2 Å². The van der Waals surface area contributed by atoms with Gasteiger partial charge >= 0.3 is 0 Å². The highest BCUT2D eigenvalue weighted by molar-refractivity contribution is 6.30. The second-order valence-corrected chi connectivity index (χ2v) is 5.17. The number of aromatic nitrogens is 2. The normalized spacial score (nSPS) is 10.5. The molecule has 21 heavy (non-hydrogen) atoms. The van der Waals surface area contributed by atoms with Crippen LogP contribution in [0.4, 0.5) is 5.69 Å². The monoisotopic (exact) mass is 307 g/mol. The van der Waals surface area contributed by atoms with Crippen molar-refractivity contribution in [3.8, 4) is 11.6 Å². The number of hydrogen-bond acceptors (Lipinski definition) is 5. The van der Waals surface area contributed by atoms with Crippen LogP contribution >= 0.6 is 11.6 Å². The number of halogens is 1. The van der Waals surface area contributed by atoms with Gasteiger partial charge in [-0.05, 0) is 44.9 Å². The lowest BCUT2D eigenvalue weighted by molar-refractivity contribution is -0.385. The molecular weight excluding hydrogens is 294 g/mol. The number of rotatable bonds is 3. The van der Waals surface area contributed by atoms with E-state index in [9.17, 15) is 10.1 Å². The minimum Gasteiger partial charge on any atom is -0.437 e. The van der Waals surface area contributed by atoms with E-state index in [-0.39, 0.29) is 5.69 Å².